The minimum Gasteiger partial charge on any atom is -0.476 e. The number of ether oxygens (including phenoxy) is 1. The van der Waals surface area contributed by atoms with E-state index in [-0.39, 0.29) is 0 Å². The Balaban J connectivity index is 1.86. The second kappa shape index (κ2) is 8.17. The molecule has 2 amide bonds. The van der Waals surface area contributed by atoms with E-state index in [0.29, 0.717) is 30.6 Å². The van der Waals surface area contributed by atoms with Crippen LogP contribution in [-0.4, -0.2) is 29.9 Å². The third kappa shape index (κ3) is 4.58. The summed E-state index contributed by atoms with van der Waals surface area (Å²) < 4.78 is 5.31. The Bertz CT molecular complexity index is 557. The van der Waals surface area contributed by atoms with Crippen LogP contribution in [0.5, 0.6) is 5.88 Å². The van der Waals surface area contributed by atoms with Crippen molar-refractivity contribution in [2.75, 3.05) is 18.5 Å². The Kier molecular flexibility index (Phi) is 5.94. The maximum Gasteiger partial charge on any atom is 0.313 e. The lowest BCUT2D eigenvalue weighted by molar-refractivity contribution is -0.136. The van der Waals surface area contributed by atoms with E-state index in [9.17, 15) is 9.59 Å². The third-order valence-electron chi connectivity index (χ3n) is 3.44. The zero-order chi connectivity index (χ0) is 15.8. The highest BCUT2D eigenvalue weighted by Gasteiger charge is 2.18. The number of hydrogen-bond acceptors (Lipinski definition) is 4. The van der Waals surface area contributed by atoms with Gasteiger partial charge in [-0.3, -0.25) is 9.59 Å². The van der Waals surface area contributed by atoms with E-state index in [1.54, 1.807) is 18.3 Å². The fourth-order valence-corrected chi connectivity index (χ4v) is 2.28. The maximum absolute atomic E-state index is 11.9. The molecule has 0 saturated carbocycles. The molecule has 0 aromatic carbocycles. The van der Waals surface area contributed by atoms with Crippen molar-refractivity contribution >= 4 is 17.5 Å². The number of amides is 2. The molecular formula is C16H21N3O3. The van der Waals surface area contributed by atoms with Crippen molar-refractivity contribution in [3.63, 3.8) is 0 Å². The largest absolute Gasteiger partial charge is 0.476 e. The molecule has 6 heteroatoms. The first-order valence-corrected chi connectivity index (χ1v) is 7.52. The lowest BCUT2D eigenvalue weighted by Crippen LogP contribution is -2.38. The number of aromatic nitrogens is 1. The SMILES string of the molecule is CCOc1ncccc1NC(=O)C(=O)NCC1CC=CCC1. The van der Waals surface area contributed by atoms with Gasteiger partial charge < -0.3 is 15.4 Å². The number of nitrogens with one attached hydrogen (secondary N) is 2. The molecule has 118 valence electrons. The van der Waals surface area contributed by atoms with E-state index in [0.717, 1.165) is 19.3 Å². The van der Waals surface area contributed by atoms with Gasteiger partial charge in [-0.1, -0.05) is 12.2 Å². The van der Waals surface area contributed by atoms with Gasteiger partial charge in [0, 0.05) is 12.7 Å². The summed E-state index contributed by atoms with van der Waals surface area (Å²) in [5, 5.41) is 5.21. The Hall–Kier alpha value is -2.37. The fraction of sp³-hybridized carbons (Fsp3) is 0.438. The molecule has 1 aromatic rings. The van der Waals surface area contributed by atoms with Gasteiger partial charge in [0.05, 0.1) is 6.61 Å². The van der Waals surface area contributed by atoms with Gasteiger partial charge in [0.2, 0.25) is 5.88 Å². The number of nitrogens with zero attached hydrogens (tertiary/aromatic N) is 1. The molecule has 1 aliphatic rings. The summed E-state index contributed by atoms with van der Waals surface area (Å²) in [7, 11) is 0. The summed E-state index contributed by atoms with van der Waals surface area (Å²) in [6.07, 6.45) is 8.83. The highest BCUT2D eigenvalue weighted by atomic mass is 16.5. The molecule has 6 nitrogen and oxygen atoms in total. The second-order valence-electron chi connectivity index (χ2n) is 5.10. The smallest absolute Gasteiger partial charge is 0.313 e. The molecule has 0 aliphatic heterocycles. The Morgan fingerprint density at radius 2 is 2.23 bits per heavy atom. The van der Waals surface area contributed by atoms with E-state index < -0.39 is 11.8 Å². The molecule has 0 radical (unpaired) electrons. The van der Waals surface area contributed by atoms with Crippen LogP contribution in [0.15, 0.2) is 30.5 Å². The lowest BCUT2D eigenvalue weighted by atomic mass is 9.94. The Labute approximate surface area is 130 Å². The van der Waals surface area contributed by atoms with Crippen LogP contribution in [0.2, 0.25) is 0 Å². The molecule has 0 saturated heterocycles. The molecule has 1 unspecified atom stereocenters. The first-order chi connectivity index (χ1) is 10.7. The number of carbonyl (C=O) groups is 2. The van der Waals surface area contributed by atoms with Crippen LogP contribution < -0.4 is 15.4 Å². The summed E-state index contributed by atoms with van der Waals surface area (Å²) in [4.78, 5) is 27.8. The summed E-state index contributed by atoms with van der Waals surface area (Å²) in [5.74, 6) is -0.635. The normalized spacial score (nSPS) is 16.9. The van der Waals surface area contributed by atoms with Crippen LogP contribution in [0.25, 0.3) is 0 Å². The minimum absolute atomic E-state index is 0.309. The summed E-state index contributed by atoms with van der Waals surface area (Å²) >= 11 is 0. The van der Waals surface area contributed by atoms with Gasteiger partial charge in [-0.15, -0.1) is 0 Å². The molecule has 2 rings (SSSR count). The molecule has 0 fully saturated rings. The standard InChI is InChI=1S/C16H21N3O3/c1-2-22-16-13(9-6-10-17-16)19-15(21)14(20)18-11-12-7-4-3-5-8-12/h3-4,6,9-10,12H,2,5,7-8,11H2,1H3,(H,18,20)(H,19,21). The number of carbonyl (C=O) groups excluding carboxylic acids is 2. The molecule has 1 aliphatic carbocycles. The van der Waals surface area contributed by atoms with E-state index in [4.69, 9.17) is 4.74 Å². The summed E-state index contributed by atoms with van der Waals surface area (Å²) in [6.45, 7) is 2.77. The third-order valence-corrected chi connectivity index (χ3v) is 3.44. The van der Waals surface area contributed by atoms with Crippen molar-refractivity contribution in [2.45, 2.75) is 26.2 Å². The van der Waals surface area contributed by atoms with Crippen molar-refractivity contribution in [1.29, 1.82) is 0 Å². The zero-order valence-electron chi connectivity index (χ0n) is 12.7. The average Bonchev–Trinajstić information content (AvgIpc) is 2.55. The molecule has 0 spiro atoms. The highest BCUT2D eigenvalue weighted by Crippen LogP contribution is 2.20. The second-order valence-corrected chi connectivity index (χ2v) is 5.10. The van der Waals surface area contributed by atoms with Crippen molar-refractivity contribution in [1.82, 2.24) is 10.3 Å². The highest BCUT2D eigenvalue weighted by molar-refractivity contribution is 6.39. The fourth-order valence-electron chi connectivity index (χ4n) is 2.28. The van der Waals surface area contributed by atoms with Crippen LogP contribution in [0.3, 0.4) is 0 Å². The van der Waals surface area contributed by atoms with E-state index in [1.807, 2.05) is 6.92 Å². The first-order valence-electron chi connectivity index (χ1n) is 7.52. The Morgan fingerprint density at radius 1 is 1.36 bits per heavy atom. The van der Waals surface area contributed by atoms with Crippen molar-refractivity contribution < 1.29 is 14.3 Å². The molecule has 1 heterocycles. The van der Waals surface area contributed by atoms with Crippen molar-refractivity contribution in [3.05, 3.63) is 30.5 Å². The summed E-state index contributed by atoms with van der Waals surface area (Å²) in [5.41, 5.74) is 0.394. The predicted octanol–water partition coefficient (Wildman–Crippen LogP) is 1.89. The van der Waals surface area contributed by atoms with Crippen LogP contribution in [0.1, 0.15) is 26.2 Å². The van der Waals surface area contributed by atoms with E-state index >= 15 is 0 Å². The van der Waals surface area contributed by atoms with Crippen LogP contribution in [-0.2, 0) is 9.59 Å². The first kappa shape index (κ1) is 16.0. The number of hydrogen-bond donors (Lipinski definition) is 2. The van der Waals surface area contributed by atoms with E-state index in [1.165, 1.54) is 0 Å². The average molecular weight is 303 g/mol. The van der Waals surface area contributed by atoms with Crippen LogP contribution >= 0.6 is 0 Å². The van der Waals surface area contributed by atoms with Gasteiger partial charge in [-0.2, -0.15) is 0 Å². The molecule has 2 N–H and O–H groups in total. The monoisotopic (exact) mass is 303 g/mol. The molecule has 1 aromatic heterocycles. The molecular weight excluding hydrogens is 282 g/mol. The minimum atomic E-state index is -0.708. The Morgan fingerprint density at radius 3 is 2.95 bits per heavy atom. The van der Waals surface area contributed by atoms with Gasteiger partial charge in [-0.25, -0.2) is 4.98 Å². The predicted molar refractivity (Wildman–Crippen MR) is 83.5 cm³/mol. The number of allylic oxidation sites excluding steroid dienone is 2. The lowest BCUT2D eigenvalue weighted by Gasteiger charge is -2.18. The van der Waals surface area contributed by atoms with E-state index in [2.05, 4.69) is 27.8 Å². The van der Waals surface area contributed by atoms with Gasteiger partial charge in [-0.05, 0) is 44.2 Å². The van der Waals surface area contributed by atoms with Crippen LogP contribution in [0.4, 0.5) is 5.69 Å². The quantitative estimate of drug-likeness (QED) is 0.643. The van der Waals surface area contributed by atoms with Crippen molar-refractivity contribution in [3.8, 4) is 5.88 Å². The van der Waals surface area contributed by atoms with Gasteiger partial charge in [0.25, 0.3) is 0 Å². The summed E-state index contributed by atoms with van der Waals surface area (Å²) in [6, 6.07) is 3.32. The van der Waals surface area contributed by atoms with Crippen LogP contribution in [0, 0.1) is 5.92 Å². The van der Waals surface area contributed by atoms with Gasteiger partial charge in [0.1, 0.15) is 5.69 Å². The van der Waals surface area contributed by atoms with Gasteiger partial charge >= 0.3 is 11.8 Å². The zero-order valence-corrected chi connectivity index (χ0v) is 12.7. The molecule has 22 heavy (non-hydrogen) atoms. The molecule has 0 bridgehead atoms. The van der Waals surface area contributed by atoms with Crippen molar-refractivity contribution in [2.24, 2.45) is 5.92 Å². The number of pyridine rings is 1. The molecule has 1 atom stereocenters. The topological polar surface area (TPSA) is 80.3 Å². The number of rotatable bonds is 5. The maximum atomic E-state index is 11.9. The number of anilines is 1. The van der Waals surface area contributed by atoms with Gasteiger partial charge in [0.15, 0.2) is 0 Å².